The first-order chi connectivity index (χ1) is 15.8. The Hall–Kier alpha value is -3.41. The second-order valence-corrected chi connectivity index (χ2v) is 8.95. The van der Waals surface area contributed by atoms with Crippen LogP contribution in [0.4, 0.5) is 5.82 Å². The Bertz CT molecular complexity index is 1150. The lowest BCUT2D eigenvalue weighted by Crippen LogP contribution is -2.50. The van der Waals surface area contributed by atoms with E-state index in [4.69, 9.17) is 4.74 Å². The van der Waals surface area contributed by atoms with Crippen molar-refractivity contribution >= 4 is 11.7 Å². The molecule has 0 N–H and O–H groups in total. The van der Waals surface area contributed by atoms with Gasteiger partial charge in [0.15, 0.2) is 12.4 Å². The molecule has 0 spiro atoms. The Kier molecular flexibility index (Phi) is 6.63. The van der Waals surface area contributed by atoms with Gasteiger partial charge in [0.05, 0.1) is 5.69 Å². The fraction of sp³-hybridized carbons (Fsp3) is 0.370. The van der Waals surface area contributed by atoms with Crippen molar-refractivity contribution in [3.63, 3.8) is 0 Å². The molecular formula is C27H32N4O2. The first kappa shape index (κ1) is 22.8. The van der Waals surface area contributed by atoms with Gasteiger partial charge in [-0.15, -0.1) is 10.2 Å². The minimum atomic E-state index is 0.0151. The molecule has 2 aromatic carbocycles. The molecule has 33 heavy (non-hydrogen) atoms. The topological polar surface area (TPSA) is 58.6 Å². The summed E-state index contributed by atoms with van der Waals surface area (Å²) in [5, 5.41) is 8.98. The van der Waals surface area contributed by atoms with Gasteiger partial charge in [-0.1, -0.05) is 23.8 Å². The van der Waals surface area contributed by atoms with E-state index in [-0.39, 0.29) is 12.5 Å². The molecule has 0 aliphatic carbocycles. The Balaban J connectivity index is 1.33. The smallest absolute Gasteiger partial charge is 0.260 e. The molecule has 0 bridgehead atoms. The normalized spacial score (nSPS) is 13.8. The molecule has 2 heterocycles. The predicted molar refractivity (Wildman–Crippen MR) is 132 cm³/mol. The van der Waals surface area contributed by atoms with Crippen molar-refractivity contribution in [1.29, 1.82) is 0 Å². The van der Waals surface area contributed by atoms with Crippen molar-refractivity contribution in [2.45, 2.75) is 34.6 Å². The first-order valence-corrected chi connectivity index (χ1v) is 11.5. The van der Waals surface area contributed by atoms with Gasteiger partial charge in [-0.3, -0.25) is 4.79 Å². The highest BCUT2D eigenvalue weighted by atomic mass is 16.5. The van der Waals surface area contributed by atoms with E-state index in [9.17, 15) is 4.79 Å². The molecule has 6 nitrogen and oxygen atoms in total. The van der Waals surface area contributed by atoms with E-state index in [1.54, 1.807) is 0 Å². The van der Waals surface area contributed by atoms with Crippen LogP contribution in [0.2, 0.25) is 0 Å². The molecular weight excluding hydrogens is 412 g/mol. The maximum atomic E-state index is 12.6. The van der Waals surface area contributed by atoms with Crippen LogP contribution >= 0.6 is 0 Å². The molecule has 172 valence electrons. The Morgan fingerprint density at radius 3 is 2.21 bits per heavy atom. The van der Waals surface area contributed by atoms with Gasteiger partial charge in [0, 0.05) is 31.7 Å². The number of hydrogen-bond donors (Lipinski definition) is 0. The molecule has 1 amide bonds. The summed E-state index contributed by atoms with van der Waals surface area (Å²) < 4.78 is 5.77. The lowest BCUT2D eigenvalue weighted by Gasteiger charge is -2.35. The zero-order valence-electron chi connectivity index (χ0n) is 20.2. The van der Waals surface area contributed by atoms with Crippen molar-refractivity contribution in [2.75, 3.05) is 37.7 Å². The van der Waals surface area contributed by atoms with Gasteiger partial charge in [-0.05, 0) is 81.1 Å². The minimum absolute atomic E-state index is 0.0151. The van der Waals surface area contributed by atoms with Crippen LogP contribution in [0, 0.1) is 34.6 Å². The number of piperazine rings is 1. The number of anilines is 1. The first-order valence-electron chi connectivity index (χ1n) is 11.5. The number of amides is 1. The van der Waals surface area contributed by atoms with Gasteiger partial charge < -0.3 is 14.5 Å². The SMILES string of the molecule is Cc1ccc(OCC(=O)N2CCN(c3ccc(-c4cc(C)c(C)cc4C)nn3)CC2)c(C)c1. The van der Waals surface area contributed by atoms with Crippen molar-refractivity contribution < 1.29 is 9.53 Å². The molecule has 1 fully saturated rings. The molecule has 3 aromatic rings. The summed E-state index contributed by atoms with van der Waals surface area (Å²) in [6.07, 6.45) is 0. The van der Waals surface area contributed by atoms with Crippen molar-refractivity contribution in [2.24, 2.45) is 0 Å². The fourth-order valence-corrected chi connectivity index (χ4v) is 4.25. The number of carbonyl (C=O) groups is 1. The Labute approximate surface area is 196 Å². The molecule has 0 unspecified atom stereocenters. The number of hydrogen-bond acceptors (Lipinski definition) is 5. The van der Waals surface area contributed by atoms with Gasteiger partial charge >= 0.3 is 0 Å². The fourth-order valence-electron chi connectivity index (χ4n) is 4.25. The summed E-state index contributed by atoms with van der Waals surface area (Å²) in [7, 11) is 0. The number of benzene rings is 2. The number of aryl methyl sites for hydroxylation is 5. The average Bonchev–Trinajstić information content (AvgIpc) is 2.81. The minimum Gasteiger partial charge on any atom is -0.484 e. The van der Waals surface area contributed by atoms with Crippen LogP contribution in [0.1, 0.15) is 27.8 Å². The van der Waals surface area contributed by atoms with Crippen LogP contribution < -0.4 is 9.64 Å². The third kappa shape index (κ3) is 5.16. The Morgan fingerprint density at radius 2 is 1.55 bits per heavy atom. The highest BCUT2D eigenvalue weighted by molar-refractivity contribution is 5.78. The zero-order chi connectivity index (χ0) is 23.5. The molecule has 1 aromatic heterocycles. The van der Waals surface area contributed by atoms with E-state index >= 15 is 0 Å². The Morgan fingerprint density at radius 1 is 0.818 bits per heavy atom. The second kappa shape index (κ2) is 9.61. The van der Waals surface area contributed by atoms with Gasteiger partial charge in [-0.25, -0.2) is 0 Å². The molecule has 1 saturated heterocycles. The lowest BCUT2D eigenvalue weighted by molar-refractivity contribution is -0.133. The molecule has 0 atom stereocenters. The number of nitrogens with zero attached hydrogens (tertiary/aromatic N) is 4. The molecule has 0 radical (unpaired) electrons. The van der Waals surface area contributed by atoms with Crippen LogP contribution in [-0.4, -0.2) is 53.8 Å². The zero-order valence-corrected chi connectivity index (χ0v) is 20.2. The van der Waals surface area contributed by atoms with E-state index in [0.29, 0.717) is 13.1 Å². The van der Waals surface area contributed by atoms with Crippen LogP contribution in [0.25, 0.3) is 11.3 Å². The summed E-state index contributed by atoms with van der Waals surface area (Å²) in [6.45, 7) is 13.2. The maximum absolute atomic E-state index is 12.6. The van der Waals surface area contributed by atoms with E-state index in [1.165, 1.54) is 22.3 Å². The second-order valence-electron chi connectivity index (χ2n) is 8.95. The summed E-state index contributed by atoms with van der Waals surface area (Å²) in [4.78, 5) is 16.7. The third-order valence-corrected chi connectivity index (χ3v) is 6.41. The van der Waals surface area contributed by atoms with Crippen LogP contribution in [0.5, 0.6) is 5.75 Å². The molecule has 0 saturated carbocycles. The number of ether oxygens (including phenoxy) is 1. The van der Waals surface area contributed by atoms with Gasteiger partial charge in [0.2, 0.25) is 0 Å². The number of rotatable bonds is 5. The summed E-state index contributed by atoms with van der Waals surface area (Å²) in [5.41, 5.74) is 7.98. The third-order valence-electron chi connectivity index (χ3n) is 6.41. The van der Waals surface area contributed by atoms with Crippen molar-refractivity contribution in [3.05, 3.63) is 70.3 Å². The van der Waals surface area contributed by atoms with Crippen LogP contribution in [0.15, 0.2) is 42.5 Å². The van der Waals surface area contributed by atoms with Gasteiger partial charge in [0.25, 0.3) is 5.91 Å². The quantitative estimate of drug-likeness (QED) is 0.583. The lowest BCUT2D eigenvalue weighted by atomic mass is 9.99. The number of carbonyl (C=O) groups excluding carboxylic acids is 1. The molecule has 1 aliphatic rings. The van der Waals surface area contributed by atoms with Gasteiger partial charge in [-0.2, -0.15) is 0 Å². The van der Waals surface area contributed by atoms with E-state index in [2.05, 4.69) is 54.1 Å². The summed E-state index contributed by atoms with van der Waals surface area (Å²) in [5.74, 6) is 1.63. The van der Waals surface area contributed by atoms with Crippen molar-refractivity contribution in [1.82, 2.24) is 15.1 Å². The summed E-state index contributed by atoms with van der Waals surface area (Å²) >= 11 is 0. The highest BCUT2D eigenvalue weighted by Crippen LogP contribution is 2.26. The van der Waals surface area contributed by atoms with E-state index in [1.807, 2.05) is 43.0 Å². The average molecular weight is 445 g/mol. The molecule has 6 heteroatoms. The van der Waals surface area contributed by atoms with E-state index in [0.717, 1.165) is 41.5 Å². The predicted octanol–water partition coefficient (Wildman–Crippen LogP) is 4.41. The molecule has 4 rings (SSSR count). The molecule has 1 aliphatic heterocycles. The standard InChI is InChI=1S/C27H32N4O2/c1-18-6-8-25(22(5)14-18)33-17-27(32)31-12-10-30(11-13-31)26-9-7-24(28-29-26)23-16-20(3)19(2)15-21(23)4/h6-9,14-16H,10-13,17H2,1-5H3. The van der Waals surface area contributed by atoms with Crippen LogP contribution in [-0.2, 0) is 4.79 Å². The van der Waals surface area contributed by atoms with Crippen molar-refractivity contribution in [3.8, 4) is 17.0 Å². The van der Waals surface area contributed by atoms with Gasteiger partial charge in [0.1, 0.15) is 5.75 Å². The van der Waals surface area contributed by atoms with E-state index < -0.39 is 0 Å². The maximum Gasteiger partial charge on any atom is 0.260 e. The van der Waals surface area contributed by atoms with Crippen LogP contribution in [0.3, 0.4) is 0 Å². The summed E-state index contributed by atoms with van der Waals surface area (Å²) in [6, 6.07) is 14.4. The largest absolute Gasteiger partial charge is 0.484 e. The number of aromatic nitrogens is 2. The monoisotopic (exact) mass is 444 g/mol. The highest BCUT2D eigenvalue weighted by Gasteiger charge is 2.23.